The molecule has 0 bridgehead atoms. The molecule has 152 valence electrons. The van der Waals surface area contributed by atoms with Crippen LogP contribution in [0.25, 0.3) is 0 Å². The van der Waals surface area contributed by atoms with Gasteiger partial charge in [0.2, 0.25) is 0 Å². The Labute approximate surface area is 177 Å². The summed E-state index contributed by atoms with van der Waals surface area (Å²) in [6.45, 7) is 4.56. The van der Waals surface area contributed by atoms with Gasteiger partial charge in [-0.1, -0.05) is 43.3 Å². The highest BCUT2D eigenvalue weighted by Crippen LogP contribution is 2.36. The van der Waals surface area contributed by atoms with Crippen molar-refractivity contribution < 1.29 is 14.3 Å². The van der Waals surface area contributed by atoms with Crippen LogP contribution in [0.4, 0.5) is 0 Å². The molecule has 0 radical (unpaired) electrons. The third kappa shape index (κ3) is 4.27. The summed E-state index contributed by atoms with van der Waals surface area (Å²) in [6, 6.07) is 14.6. The van der Waals surface area contributed by atoms with Crippen molar-refractivity contribution >= 4 is 23.1 Å². The molecule has 0 fully saturated rings. The van der Waals surface area contributed by atoms with Crippen LogP contribution in [-0.2, 0) is 0 Å². The number of ether oxygens (including phenoxy) is 2. The van der Waals surface area contributed by atoms with Gasteiger partial charge in [0, 0.05) is 23.9 Å². The highest BCUT2D eigenvalue weighted by atomic mass is 32.1. The molecule has 0 aliphatic carbocycles. The minimum atomic E-state index is -0.374. The molecule has 2 aromatic carbocycles. The summed E-state index contributed by atoms with van der Waals surface area (Å²) in [4.78, 5) is 15.2. The lowest BCUT2D eigenvalue weighted by atomic mass is 9.89. The summed E-state index contributed by atoms with van der Waals surface area (Å²) in [6.07, 6.45) is 0.890. The van der Waals surface area contributed by atoms with Crippen LogP contribution in [0.2, 0.25) is 0 Å². The standard InChI is InChI=1S/C23H26N2O3S/c1-5-13-28-19-14-17(11-12-18(19)27-4)21-20(15(2)25(3)23(29)24-21)22(26)16-9-7-6-8-10-16/h6-12,14,21H,5,13H2,1-4H3,(H,24,29). The van der Waals surface area contributed by atoms with Gasteiger partial charge in [0.05, 0.1) is 19.8 Å². The zero-order valence-electron chi connectivity index (χ0n) is 17.2. The van der Waals surface area contributed by atoms with Crippen LogP contribution in [0.1, 0.15) is 42.2 Å². The molecule has 0 saturated heterocycles. The minimum Gasteiger partial charge on any atom is -0.493 e. The Morgan fingerprint density at radius 2 is 1.90 bits per heavy atom. The number of rotatable bonds is 7. The van der Waals surface area contributed by atoms with Gasteiger partial charge in [0.15, 0.2) is 22.4 Å². The lowest BCUT2D eigenvalue weighted by Gasteiger charge is -2.36. The maximum Gasteiger partial charge on any atom is 0.193 e. The van der Waals surface area contributed by atoms with Gasteiger partial charge in [-0.3, -0.25) is 4.79 Å². The van der Waals surface area contributed by atoms with Crippen LogP contribution in [0.5, 0.6) is 11.5 Å². The lowest BCUT2D eigenvalue weighted by molar-refractivity contribution is 0.102. The Balaban J connectivity index is 2.08. The zero-order chi connectivity index (χ0) is 21.0. The van der Waals surface area contributed by atoms with Crippen LogP contribution >= 0.6 is 12.2 Å². The van der Waals surface area contributed by atoms with Crippen LogP contribution in [0.15, 0.2) is 59.8 Å². The molecule has 1 heterocycles. The normalized spacial score (nSPS) is 16.5. The topological polar surface area (TPSA) is 50.8 Å². The van der Waals surface area contributed by atoms with E-state index >= 15 is 0 Å². The van der Waals surface area contributed by atoms with Gasteiger partial charge >= 0.3 is 0 Å². The van der Waals surface area contributed by atoms with Crippen molar-refractivity contribution in [3.63, 3.8) is 0 Å². The molecule has 1 unspecified atom stereocenters. The molecule has 3 rings (SSSR count). The second kappa shape index (κ2) is 9.09. The molecule has 1 aliphatic heterocycles. The van der Waals surface area contributed by atoms with Crippen molar-refractivity contribution in [3.8, 4) is 11.5 Å². The lowest BCUT2D eigenvalue weighted by Crippen LogP contribution is -2.45. The summed E-state index contributed by atoms with van der Waals surface area (Å²) < 4.78 is 11.3. The van der Waals surface area contributed by atoms with Crippen LogP contribution < -0.4 is 14.8 Å². The second-order valence-corrected chi connectivity index (χ2v) is 7.28. The summed E-state index contributed by atoms with van der Waals surface area (Å²) in [7, 11) is 3.48. The predicted molar refractivity (Wildman–Crippen MR) is 118 cm³/mol. The van der Waals surface area contributed by atoms with Gasteiger partial charge in [-0.2, -0.15) is 0 Å². The molecule has 1 atom stereocenters. The number of Topliss-reactive ketones (excluding diaryl/α,β-unsaturated/α-hetero) is 1. The third-order valence-corrected chi connectivity index (χ3v) is 5.41. The van der Waals surface area contributed by atoms with E-state index in [0.717, 1.165) is 17.7 Å². The molecule has 6 heteroatoms. The second-order valence-electron chi connectivity index (χ2n) is 6.89. The Morgan fingerprint density at radius 1 is 1.17 bits per heavy atom. The van der Waals surface area contributed by atoms with E-state index in [1.807, 2.05) is 67.4 Å². The Bertz CT molecular complexity index is 940. The first-order valence-electron chi connectivity index (χ1n) is 9.63. The maximum absolute atomic E-state index is 13.4. The fraction of sp³-hybridized carbons (Fsp3) is 0.304. The van der Waals surface area contributed by atoms with Gasteiger partial charge in [0.1, 0.15) is 0 Å². The molecule has 0 aromatic heterocycles. The smallest absolute Gasteiger partial charge is 0.193 e. The van der Waals surface area contributed by atoms with E-state index < -0.39 is 0 Å². The Morgan fingerprint density at radius 3 is 2.55 bits per heavy atom. The van der Waals surface area contributed by atoms with Crippen molar-refractivity contribution in [1.29, 1.82) is 0 Å². The molecule has 5 nitrogen and oxygen atoms in total. The maximum atomic E-state index is 13.4. The van der Waals surface area contributed by atoms with Crippen molar-refractivity contribution in [1.82, 2.24) is 10.2 Å². The number of hydrogen-bond donors (Lipinski definition) is 1. The van der Waals surface area contributed by atoms with E-state index in [1.165, 1.54) is 0 Å². The number of carbonyl (C=O) groups is 1. The molecular weight excluding hydrogens is 384 g/mol. The predicted octanol–water partition coefficient (Wildman–Crippen LogP) is 4.50. The first-order chi connectivity index (χ1) is 14.0. The molecule has 2 aromatic rings. The summed E-state index contributed by atoms with van der Waals surface area (Å²) in [5.41, 5.74) is 3.04. The number of nitrogens with one attached hydrogen (secondary N) is 1. The third-order valence-electron chi connectivity index (χ3n) is 5.02. The SMILES string of the molecule is CCCOc1cc(C2NC(=S)N(C)C(C)=C2C(=O)c2ccccc2)ccc1OC. The summed E-state index contributed by atoms with van der Waals surface area (Å²) >= 11 is 5.50. The van der Waals surface area contributed by atoms with E-state index in [0.29, 0.717) is 34.4 Å². The largest absolute Gasteiger partial charge is 0.493 e. The molecular formula is C23H26N2O3S. The molecule has 0 amide bonds. The van der Waals surface area contributed by atoms with E-state index in [4.69, 9.17) is 21.7 Å². The van der Waals surface area contributed by atoms with Crippen LogP contribution in [-0.4, -0.2) is 36.6 Å². The van der Waals surface area contributed by atoms with Crippen molar-refractivity contribution in [3.05, 3.63) is 70.9 Å². The number of methoxy groups -OCH3 is 1. The molecule has 0 saturated carbocycles. The van der Waals surface area contributed by atoms with Gasteiger partial charge in [0.25, 0.3) is 0 Å². The first kappa shape index (κ1) is 20.9. The molecule has 1 aliphatic rings. The summed E-state index contributed by atoms with van der Waals surface area (Å²) in [5.74, 6) is 1.29. The molecule has 0 spiro atoms. The Kier molecular flexibility index (Phi) is 6.54. The number of thiocarbonyl (C=S) groups is 1. The van der Waals surface area contributed by atoms with E-state index in [1.54, 1.807) is 7.11 Å². The number of nitrogens with zero attached hydrogens (tertiary/aromatic N) is 1. The first-order valence-corrected chi connectivity index (χ1v) is 10.0. The fourth-order valence-electron chi connectivity index (χ4n) is 3.32. The van der Waals surface area contributed by atoms with E-state index in [2.05, 4.69) is 12.2 Å². The minimum absolute atomic E-state index is 0.0261. The van der Waals surface area contributed by atoms with Gasteiger partial charge in [-0.25, -0.2) is 0 Å². The highest BCUT2D eigenvalue weighted by Gasteiger charge is 2.33. The van der Waals surface area contributed by atoms with Crippen molar-refractivity contribution in [2.45, 2.75) is 26.3 Å². The molecule has 29 heavy (non-hydrogen) atoms. The number of carbonyl (C=O) groups excluding carboxylic acids is 1. The van der Waals surface area contributed by atoms with Gasteiger partial charge in [-0.05, 0) is 43.3 Å². The van der Waals surface area contributed by atoms with Gasteiger partial charge in [-0.15, -0.1) is 0 Å². The van der Waals surface area contributed by atoms with Crippen LogP contribution in [0.3, 0.4) is 0 Å². The van der Waals surface area contributed by atoms with Crippen molar-refractivity contribution in [2.24, 2.45) is 0 Å². The quantitative estimate of drug-likeness (QED) is 0.536. The summed E-state index contributed by atoms with van der Waals surface area (Å²) in [5, 5.41) is 3.89. The average Bonchev–Trinajstić information content (AvgIpc) is 2.75. The van der Waals surface area contributed by atoms with E-state index in [-0.39, 0.29) is 11.8 Å². The number of ketones is 1. The molecule has 1 N–H and O–H groups in total. The number of hydrogen-bond acceptors (Lipinski definition) is 4. The van der Waals surface area contributed by atoms with Crippen LogP contribution in [0, 0.1) is 0 Å². The fourth-order valence-corrected chi connectivity index (χ4v) is 3.58. The van der Waals surface area contributed by atoms with Crippen molar-refractivity contribution in [2.75, 3.05) is 20.8 Å². The number of allylic oxidation sites excluding steroid dienone is 1. The monoisotopic (exact) mass is 410 g/mol. The van der Waals surface area contributed by atoms with E-state index in [9.17, 15) is 4.79 Å². The average molecular weight is 411 g/mol. The zero-order valence-corrected chi connectivity index (χ0v) is 18.0. The highest BCUT2D eigenvalue weighted by molar-refractivity contribution is 7.80. The van der Waals surface area contributed by atoms with Gasteiger partial charge < -0.3 is 19.7 Å². The Hall–Kier alpha value is -2.86. The number of benzene rings is 2.